The minimum Gasteiger partial charge on any atom is -0.341 e. The molecule has 0 aromatic rings. The second-order valence-corrected chi connectivity index (χ2v) is 4.41. The van der Waals surface area contributed by atoms with Gasteiger partial charge < -0.3 is 9.80 Å². The van der Waals surface area contributed by atoms with Gasteiger partial charge in [0, 0.05) is 37.9 Å². The number of halogens is 1. The van der Waals surface area contributed by atoms with Crippen LogP contribution in [0.15, 0.2) is 0 Å². The summed E-state index contributed by atoms with van der Waals surface area (Å²) in [6, 6.07) is 0. The Labute approximate surface area is 94.6 Å². The fourth-order valence-electron chi connectivity index (χ4n) is 1.79. The zero-order chi connectivity index (χ0) is 10.4. The molecule has 0 aliphatic carbocycles. The van der Waals surface area contributed by atoms with Crippen LogP contribution in [0.3, 0.4) is 0 Å². The first-order valence-corrected chi connectivity index (χ1v) is 6.46. The van der Waals surface area contributed by atoms with Gasteiger partial charge in [-0.1, -0.05) is 22.9 Å². The van der Waals surface area contributed by atoms with Crippen LogP contribution >= 0.6 is 15.9 Å². The first-order chi connectivity index (χ1) is 6.77. The van der Waals surface area contributed by atoms with Gasteiger partial charge in [-0.3, -0.25) is 4.79 Å². The molecule has 0 spiro atoms. The van der Waals surface area contributed by atoms with Crippen molar-refractivity contribution in [3.05, 3.63) is 0 Å². The van der Waals surface area contributed by atoms with Crippen molar-refractivity contribution in [1.29, 1.82) is 0 Å². The van der Waals surface area contributed by atoms with Crippen LogP contribution in [0.25, 0.3) is 0 Å². The average Bonchev–Trinajstić information content (AvgIpc) is 2.43. The Morgan fingerprint density at radius 2 is 2.07 bits per heavy atom. The van der Waals surface area contributed by atoms with Gasteiger partial charge >= 0.3 is 0 Å². The Morgan fingerprint density at radius 1 is 1.29 bits per heavy atom. The van der Waals surface area contributed by atoms with Crippen LogP contribution in [0.5, 0.6) is 0 Å². The standard InChI is InChI=1S/C10H19BrN2O/c1-2-10(14)13-6-3-5-12(7-4-11)8-9-13/h2-9H2,1H3. The molecule has 0 unspecified atom stereocenters. The lowest BCUT2D eigenvalue weighted by molar-refractivity contribution is -0.130. The third kappa shape index (κ3) is 3.58. The molecule has 0 atom stereocenters. The third-order valence-corrected chi connectivity index (χ3v) is 3.00. The van der Waals surface area contributed by atoms with E-state index in [0.717, 1.165) is 44.5 Å². The number of nitrogens with zero attached hydrogens (tertiary/aromatic N) is 2. The molecule has 82 valence electrons. The molecule has 0 aromatic heterocycles. The Morgan fingerprint density at radius 3 is 2.71 bits per heavy atom. The summed E-state index contributed by atoms with van der Waals surface area (Å²) < 4.78 is 0. The van der Waals surface area contributed by atoms with E-state index in [9.17, 15) is 4.79 Å². The molecule has 0 radical (unpaired) electrons. The molecular weight excluding hydrogens is 244 g/mol. The minimum atomic E-state index is 0.297. The summed E-state index contributed by atoms with van der Waals surface area (Å²) in [5.74, 6) is 0.297. The van der Waals surface area contributed by atoms with Crippen LogP contribution in [-0.4, -0.2) is 53.8 Å². The average molecular weight is 263 g/mol. The highest BCUT2D eigenvalue weighted by Crippen LogP contribution is 2.04. The van der Waals surface area contributed by atoms with Gasteiger partial charge in [0.25, 0.3) is 0 Å². The van der Waals surface area contributed by atoms with Crippen molar-refractivity contribution in [3.63, 3.8) is 0 Å². The van der Waals surface area contributed by atoms with E-state index in [4.69, 9.17) is 0 Å². The largest absolute Gasteiger partial charge is 0.341 e. The molecule has 0 aromatic carbocycles. The molecule has 0 saturated carbocycles. The number of amides is 1. The van der Waals surface area contributed by atoms with Crippen LogP contribution in [0.2, 0.25) is 0 Å². The van der Waals surface area contributed by atoms with E-state index in [1.165, 1.54) is 0 Å². The van der Waals surface area contributed by atoms with Gasteiger partial charge in [0.05, 0.1) is 0 Å². The number of carbonyl (C=O) groups is 1. The minimum absolute atomic E-state index is 0.297. The van der Waals surface area contributed by atoms with Crippen molar-refractivity contribution in [3.8, 4) is 0 Å². The lowest BCUT2D eigenvalue weighted by Gasteiger charge is -2.20. The highest BCUT2D eigenvalue weighted by atomic mass is 79.9. The topological polar surface area (TPSA) is 23.6 Å². The molecule has 3 nitrogen and oxygen atoms in total. The monoisotopic (exact) mass is 262 g/mol. The fourth-order valence-corrected chi connectivity index (χ4v) is 2.29. The Hall–Kier alpha value is -0.0900. The fraction of sp³-hybridized carbons (Fsp3) is 0.900. The molecular formula is C10H19BrN2O. The van der Waals surface area contributed by atoms with Crippen LogP contribution < -0.4 is 0 Å². The smallest absolute Gasteiger partial charge is 0.222 e. The van der Waals surface area contributed by atoms with Gasteiger partial charge in [-0.2, -0.15) is 0 Å². The third-order valence-electron chi connectivity index (χ3n) is 2.64. The SMILES string of the molecule is CCC(=O)N1CCCN(CCBr)CC1. The van der Waals surface area contributed by atoms with Crippen molar-refractivity contribution < 1.29 is 4.79 Å². The van der Waals surface area contributed by atoms with Gasteiger partial charge in [-0.25, -0.2) is 0 Å². The Kier molecular flexibility index (Phi) is 5.48. The van der Waals surface area contributed by atoms with Crippen LogP contribution in [0, 0.1) is 0 Å². The van der Waals surface area contributed by atoms with Crippen molar-refractivity contribution in [2.24, 2.45) is 0 Å². The van der Waals surface area contributed by atoms with Crippen molar-refractivity contribution in [2.45, 2.75) is 19.8 Å². The molecule has 4 heteroatoms. The van der Waals surface area contributed by atoms with E-state index in [1.54, 1.807) is 0 Å². The van der Waals surface area contributed by atoms with E-state index < -0.39 is 0 Å². The van der Waals surface area contributed by atoms with Crippen molar-refractivity contribution >= 4 is 21.8 Å². The maximum Gasteiger partial charge on any atom is 0.222 e. The van der Waals surface area contributed by atoms with Gasteiger partial charge in [-0.15, -0.1) is 0 Å². The predicted octanol–water partition coefficient (Wildman–Crippen LogP) is 1.33. The molecule has 1 aliphatic heterocycles. The maximum atomic E-state index is 11.5. The summed E-state index contributed by atoms with van der Waals surface area (Å²) in [6.45, 7) is 7.01. The Balaban J connectivity index is 2.36. The van der Waals surface area contributed by atoms with E-state index in [0.29, 0.717) is 12.3 Å². The summed E-state index contributed by atoms with van der Waals surface area (Å²) in [6.07, 6.45) is 1.75. The summed E-state index contributed by atoms with van der Waals surface area (Å²) in [5, 5.41) is 1.02. The summed E-state index contributed by atoms with van der Waals surface area (Å²) in [7, 11) is 0. The second kappa shape index (κ2) is 6.40. The summed E-state index contributed by atoms with van der Waals surface area (Å²) >= 11 is 3.45. The van der Waals surface area contributed by atoms with Crippen molar-refractivity contribution in [2.75, 3.05) is 38.1 Å². The van der Waals surface area contributed by atoms with E-state index >= 15 is 0 Å². The van der Waals surface area contributed by atoms with Crippen molar-refractivity contribution in [1.82, 2.24) is 9.80 Å². The van der Waals surface area contributed by atoms with E-state index in [2.05, 4.69) is 20.8 Å². The molecule has 0 bridgehead atoms. The molecule has 0 N–H and O–H groups in total. The number of rotatable bonds is 3. The molecule has 1 saturated heterocycles. The number of hydrogen-bond acceptors (Lipinski definition) is 2. The lowest BCUT2D eigenvalue weighted by atomic mass is 10.3. The van der Waals surface area contributed by atoms with Crippen LogP contribution in [-0.2, 0) is 4.79 Å². The number of carbonyl (C=O) groups excluding carboxylic acids is 1. The van der Waals surface area contributed by atoms with Gasteiger partial charge in [0.1, 0.15) is 0 Å². The summed E-state index contributed by atoms with van der Waals surface area (Å²) in [4.78, 5) is 15.9. The number of hydrogen-bond donors (Lipinski definition) is 0. The van der Waals surface area contributed by atoms with Crippen LogP contribution in [0.4, 0.5) is 0 Å². The quantitative estimate of drug-likeness (QED) is 0.717. The van der Waals surface area contributed by atoms with Gasteiger partial charge in [-0.05, 0) is 13.0 Å². The normalized spacial score (nSPS) is 19.4. The second-order valence-electron chi connectivity index (χ2n) is 3.62. The molecule has 1 fully saturated rings. The zero-order valence-electron chi connectivity index (χ0n) is 8.84. The molecule has 1 amide bonds. The zero-order valence-corrected chi connectivity index (χ0v) is 10.4. The molecule has 1 heterocycles. The lowest BCUT2D eigenvalue weighted by Crippen LogP contribution is -2.35. The predicted molar refractivity (Wildman–Crippen MR) is 61.7 cm³/mol. The Bertz CT molecular complexity index is 187. The van der Waals surface area contributed by atoms with Gasteiger partial charge in [0.2, 0.25) is 5.91 Å². The van der Waals surface area contributed by atoms with Gasteiger partial charge in [0.15, 0.2) is 0 Å². The molecule has 1 rings (SSSR count). The van der Waals surface area contributed by atoms with Crippen LogP contribution in [0.1, 0.15) is 19.8 Å². The highest BCUT2D eigenvalue weighted by Gasteiger charge is 2.16. The molecule has 14 heavy (non-hydrogen) atoms. The molecule has 1 aliphatic rings. The van der Waals surface area contributed by atoms with E-state index in [1.807, 2.05) is 11.8 Å². The van der Waals surface area contributed by atoms with E-state index in [-0.39, 0.29) is 0 Å². The number of alkyl halides is 1. The summed E-state index contributed by atoms with van der Waals surface area (Å²) in [5.41, 5.74) is 0. The maximum absolute atomic E-state index is 11.5. The highest BCUT2D eigenvalue weighted by molar-refractivity contribution is 9.09. The first kappa shape index (κ1) is 12.0. The first-order valence-electron chi connectivity index (χ1n) is 5.34.